The molecule has 1 aromatic carbocycles. The molecule has 0 saturated heterocycles. The highest BCUT2D eigenvalue weighted by Crippen LogP contribution is 2.20. The Morgan fingerprint density at radius 2 is 1.70 bits per heavy atom. The number of nitrogens with one attached hydrogen (secondary N) is 1. The first-order valence-corrected chi connectivity index (χ1v) is 8.03. The Hall–Kier alpha value is -2.04. The monoisotopic (exact) mass is 320 g/mol. The van der Waals surface area contributed by atoms with Crippen molar-refractivity contribution in [1.29, 1.82) is 0 Å². The van der Waals surface area contributed by atoms with Gasteiger partial charge in [-0.25, -0.2) is 4.79 Å². The van der Waals surface area contributed by atoms with Gasteiger partial charge < -0.3 is 15.8 Å². The third-order valence-corrected chi connectivity index (χ3v) is 3.80. The topological polar surface area (TPSA) is 81.4 Å². The largest absolute Gasteiger partial charge is 0.436 e. The maximum atomic E-state index is 12.5. The second kappa shape index (κ2) is 8.56. The van der Waals surface area contributed by atoms with Crippen molar-refractivity contribution in [3.8, 4) is 0 Å². The summed E-state index contributed by atoms with van der Waals surface area (Å²) in [6, 6.07) is 7.77. The van der Waals surface area contributed by atoms with Crippen LogP contribution in [-0.4, -0.2) is 18.1 Å². The van der Waals surface area contributed by atoms with Gasteiger partial charge in [0.05, 0.1) is 6.04 Å². The number of benzene rings is 1. The number of rotatable bonds is 7. The summed E-state index contributed by atoms with van der Waals surface area (Å²) in [5.74, 6) is -0.0240. The van der Waals surface area contributed by atoms with Crippen molar-refractivity contribution < 1.29 is 14.3 Å². The molecule has 0 aliphatic carbocycles. The molecule has 1 aromatic rings. The number of amides is 2. The number of primary amides is 1. The fraction of sp³-hybridized carbons (Fsp3) is 0.556. The minimum Gasteiger partial charge on any atom is -0.436 e. The van der Waals surface area contributed by atoms with E-state index in [1.807, 2.05) is 45.0 Å². The van der Waals surface area contributed by atoms with Crippen LogP contribution in [0.5, 0.6) is 0 Å². The molecular weight excluding hydrogens is 292 g/mol. The Morgan fingerprint density at radius 1 is 1.13 bits per heavy atom. The molecule has 5 heteroatoms. The van der Waals surface area contributed by atoms with E-state index in [4.69, 9.17) is 10.5 Å². The lowest BCUT2D eigenvalue weighted by molar-refractivity contribution is -0.132. The van der Waals surface area contributed by atoms with Crippen molar-refractivity contribution in [2.24, 2.45) is 17.6 Å². The molecule has 0 fully saturated rings. The number of ether oxygens (including phenoxy) is 1. The van der Waals surface area contributed by atoms with E-state index < -0.39 is 12.2 Å². The summed E-state index contributed by atoms with van der Waals surface area (Å²) in [5.41, 5.74) is 7.28. The summed E-state index contributed by atoms with van der Waals surface area (Å²) in [5, 5.41) is 2.90. The number of hydrogen-bond donors (Lipinski definition) is 2. The number of aryl methyl sites for hydroxylation is 1. The van der Waals surface area contributed by atoms with Crippen molar-refractivity contribution in [2.75, 3.05) is 0 Å². The van der Waals surface area contributed by atoms with E-state index in [0.717, 1.165) is 17.5 Å². The van der Waals surface area contributed by atoms with Gasteiger partial charge in [-0.3, -0.25) is 4.79 Å². The average Bonchev–Trinajstić information content (AvgIpc) is 2.44. The maximum Gasteiger partial charge on any atom is 0.405 e. The second-order valence-electron chi connectivity index (χ2n) is 6.61. The highest BCUT2D eigenvalue weighted by molar-refractivity contribution is 5.83. The third kappa shape index (κ3) is 6.30. The number of nitrogens with two attached hydrogens (primary N) is 1. The summed E-state index contributed by atoms with van der Waals surface area (Å²) >= 11 is 0. The summed E-state index contributed by atoms with van der Waals surface area (Å²) in [6.07, 6.45) is -1.03. The van der Waals surface area contributed by atoms with Crippen LogP contribution in [0.15, 0.2) is 24.3 Å². The van der Waals surface area contributed by atoms with E-state index in [2.05, 4.69) is 19.2 Å². The first-order valence-electron chi connectivity index (χ1n) is 8.03. The highest BCUT2D eigenvalue weighted by Gasteiger charge is 2.29. The van der Waals surface area contributed by atoms with Crippen molar-refractivity contribution in [2.45, 2.75) is 53.2 Å². The van der Waals surface area contributed by atoms with Gasteiger partial charge in [0.2, 0.25) is 0 Å². The van der Waals surface area contributed by atoms with Gasteiger partial charge in [0, 0.05) is 5.92 Å². The predicted octanol–water partition coefficient (Wildman–Crippen LogP) is 3.32. The van der Waals surface area contributed by atoms with Gasteiger partial charge >= 0.3 is 6.09 Å². The Kier molecular flexibility index (Phi) is 7.07. The first kappa shape index (κ1) is 19.0. The minimum atomic E-state index is -0.927. The van der Waals surface area contributed by atoms with E-state index in [0.29, 0.717) is 5.92 Å². The Labute approximate surface area is 138 Å². The Bertz CT molecular complexity index is 526. The zero-order chi connectivity index (χ0) is 17.6. The average molecular weight is 320 g/mol. The molecule has 3 atom stereocenters. The van der Waals surface area contributed by atoms with Gasteiger partial charge in [-0.05, 0) is 31.7 Å². The van der Waals surface area contributed by atoms with Crippen molar-refractivity contribution in [1.82, 2.24) is 5.32 Å². The molecule has 0 bridgehead atoms. The fourth-order valence-electron chi connectivity index (χ4n) is 2.65. The van der Waals surface area contributed by atoms with Crippen molar-refractivity contribution >= 4 is 12.0 Å². The number of hydrogen-bond acceptors (Lipinski definition) is 3. The minimum absolute atomic E-state index is 0.104. The number of carbonyl (C=O) groups excluding carboxylic acids is 2. The molecule has 0 saturated carbocycles. The fourth-order valence-corrected chi connectivity index (χ4v) is 2.65. The highest BCUT2D eigenvalue weighted by atomic mass is 16.6. The van der Waals surface area contributed by atoms with Gasteiger partial charge in [0.25, 0.3) is 5.91 Å². The lowest BCUT2D eigenvalue weighted by Crippen LogP contribution is -2.43. The maximum absolute atomic E-state index is 12.5. The zero-order valence-electron chi connectivity index (χ0n) is 14.6. The lowest BCUT2D eigenvalue weighted by Gasteiger charge is -2.25. The van der Waals surface area contributed by atoms with E-state index >= 15 is 0 Å². The molecule has 1 rings (SSSR count). The van der Waals surface area contributed by atoms with E-state index in [9.17, 15) is 9.59 Å². The molecule has 5 nitrogen and oxygen atoms in total. The van der Waals surface area contributed by atoms with Crippen LogP contribution < -0.4 is 11.1 Å². The molecule has 0 aliphatic rings. The van der Waals surface area contributed by atoms with Crippen LogP contribution in [0.4, 0.5) is 4.79 Å². The van der Waals surface area contributed by atoms with Gasteiger partial charge in [-0.15, -0.1) is 0 Å². The van der Waals surface area contributed by atoms with E-state index in [1.54, 1.807) is 0 Å². The summed E-state index contributed by atoms with van der Waals surface area (Å²) in [6.45, 7) is 9.92. The molecule has 2 amide bonds. The van der Waals surface area contributed by atoms with Crippen LogP contribution in [0, 0.1) is 18.8 Å². The normalized spacial score (nSPS) is 14.9. The third-order valence-electron chi connectivity index (χ3n) is 3.80. The molecule has 0 spiro atoms. The molecule has 128 valence electrons. The molecular formula is C18H28N2O3. The Balaban J connectivity index is 2.79. The second-order valence-corrected chi connectivity index (χ2v) is 6.61. The van der Waals surface area contributed by atoms with Crippen molar-refractivity contribution in [3.63, 3.8) is 0 Å². The lowest BCUT2D eigenvalue weighted by atomic mass is 9.93. The van der Waals surface area contributed by atoms with Crippen LogP contribution in [0.3, 0.4) is 0 Å². The molecule has 23 heavy (non-hydrogen) atoms. The van der Waals surface area contributed by atoms with E-state index in [-0.39, 0.29) is 17.9 Å². The van der Waals surface area contributed by atoms with E-state index in [1.165, 1.54) is 0 Å². The van der Waals surface area contributed by atoms with Crippen LogP contribution in [0.2, 0.25) is 0 Å². The van der Waals surface area contributed by atoms with Gasteiger partial charge in [-0.2, -0.15) is 0 Å². The number of carbonyl (C=O) groups is 2. The Morgan fingerprint density at radius 3 is 2.17 bits per heavy atom. The molecule has 0 heterocycles. The summed E-state index contributed by atoms with van der Waals surface area (Å²) < 4.78 is 5.06. The van der Waals surface area contributed by atoms with Crippen LogP contribution >= 0.6 is 0 Å². The molecule has 0 aromatic heterocycles. The SMILES string of the molecule is Cc1ccc(C(C)NC(=O)[C@@H](OC(N)=O)C(C)CC(C)C)cc1. The predicted molar refractivity (Wildman–Crippen MR) is 90.8 cm³/mol. The quantitative estimate of drug-likeness (QED) is 0.808. The van der Waals surface area contributed by atoms with Crippen LogP contribution in [-0.2, 0) is 9.53 Å². The van der Waals surface area contributed by atoms with Gasteiger partial charge in [0.1, 0.15) is 0 Å². The van der Waals surface area contributed by atoms with Crippen LogP contribution in [0.25, 0.3) is 0 Å². The molecule has 0 radical (unpaired) electrons. The van der Waals surface area contributed by atoms with Crippen molar-refractivity contribution in [3.05, 3.63) is 35.4 Å². The molecule has 3 N–H and O–H groups in total. The van der Waals surface area contributed by atoms with Crippen LogP contribution in [0.1, 0.15) is 51.3 Å². The smallest absolute Gasteiger partial charge is 0.405 e. The standard InChI is InChI=1S/C18H28N2O3/c1-11(2)10-13(4)16(23-18(19)22)17(21)20-14(5)15-8-6-12(3)7-9-15/h6-9,11,13-14,16H,10H2,1-5H3,(H2,19,22)(H,20,21)/t13?,14?,16-/m0/s1. The summed E-state index contributed by atoms with van der Waals surface area (Å²) in [7, 11) is 0. The zero-order valence-corrected chi connectivity index (χ0v) is 14.6. The molecule has 2 unspecified atom stereocenters. The molecule has 0 aliphatic heterocycles. The van der Waals surface area contributed by atoms with Gasteiger partial charge in [-0.1, -0.05) is 50.6 Å². The van der Waals surface area contributed by atoms with Gasteiger partial charge in [0.15, 0.2) is 6.10 Å². The first-order chi connectivity index (χ1) is 10.7. The summed E-state index contributed by atoms with van der Waals surface area (Å²) in [4.78, 5) is 23.6.